The minimum absolute atomic E-state index is 0.0750. The molecular formula is C25H34O4. The molecule has 29 heavy (non-hydrogen) atoms. The van der Waals surface area contributed by atoms with E-state index in [0.717, 1.165) is 37.7 Å². The first-order valence-corrected chi connectivity index (χ1v) is 10.5. The van der Waals surface area contributed by atoms with Crippen LogP contribution < -0.4 is 0 Å². The van der Waals surface area contributed by atoms with Gasteiger partial charge in [0.15, 0.2) is 6.10 Å². The van der Waals surface area contributed by atoms with Crippen molar-refractivity contribution < 1.29 is 19.1 Å². The molecule has 4 nitrogen and oxygen atoms in total. The van der Waals surface area contributed by atoms with Crippen molar-refractivity contribution in [1.82, 2.24) is 0 Å². The van der Waals surface area contributed by atoms with E-state index in [9.17, 15) is 9.90 Å². The number of carbonyl (C=O) groups is 1. The minimum atomic E-state index is -0.516. The van der Waals surface area contributed by atoms with E-state index in [4.69, 9.17) is 9.15 Å². The van der Waals surface area contributed by atoms with E-state index in [1.807, 2.05) is 19.3 Å². The largest absolute Gasteiger partial charge is 0.508 e. The van der Waals surface area contributed by atoms with Crippen LogP contribution in [-0.2, 0) is 16.0 Å². The highest BCUT2D eigenvalue weighted by atomic mass is 16.6. The number of esters is 1. The smallest absolute Gasteiger partial charge is 0.338 e. The first kappa shape index (κ1) is 22.8. The molecule has 0 amide bonds. The molecule has 1 aromatic heterocycles. The summed E-state index contributed by atoms with van der Waals surface area (Å²) in [6.07, 6.45) is 17.7. The predicted octanol–water partition coefficient (Wildman–Crippen LogP) is 6.61. The van der Waals surface area contributed by atoms with Crippen LogP contribution in [0, 0.1) is 5.92 Å². The standard InChI is InChI=1S/C25H34O4/c1-18(8-5-9-19(2)11-7-13-22-14-15-28-17-22)10-6-12-20(3)16-23-24(26)21(4)25(27)29-23/h5,8-9,12,14-15,17-18,23,26H,6-7,10-11,13,16H2,1-4H3/b8-5-,19-9+,20-12-. The van der Waals surface area contributed by atoms with Crippen molar-refractivity contribution in [3.05, 3.63) is 70.9 Å². The summed E-state index contributed by atoms with van der Waals surface area (Å²) in [5.74, 6) is 0.156. The quantitative estimate of drug-likeness (QED) is 0.259. The molecule has 2 atom stereocenters. The molecule has 0 saturated heterocycles. The van der Waals surface area contributed by atoms with E-state index in [1.165, 1.54) is 11.1 Å². The molecule has 0 aliphatic carbocycles. The van der Waals surface area contributed by atoms with Gasteiger partial charge < -0.3 is 14.3 Å². The lowest BCUT2D eigenvalue weighted by Gasteiger charge is -2.11. The van der Waals surface area contributed by atoms with E-state index in [1.54, 1.807) is 13.2 Å². The number of rotatable bonds is 11. The number of aryl methyl sites for hydroxylation is 1. The molecule has 0 saturated carbocycles. The second-order valence-electron chi connectivity index (χ2n) is 8.10. The maximum Gasteiger partial charge on any atom is 0.338 e. The predicted molar refractivity (Wildman–Crippen MR) is 117 cm³/mol. The number of carbonyl (C=O) groups excluding carboxylic acids is 1. The Kier molecular flexibility index (Phi) is 9.04. The van der Waals surface area contributed by atoms with Crippen molar-refractivity contribution in [2.45, 2.75) is 72.3 Å². The molecule has 1 N–H and O–H groups in total. The van der Waals surface area contributed by atoms with Gasteiger partial charge in [0.1, 0.15) is 5.76 Å². The molecule has 0 bridgehead atoms. The molecule has 0 aromatic carbocycles. The van der Waals surface area contributed by atoms with Gasteiger partial charge in [0, 0.05) is 6.42 Å². The zero-order chi connectivity index (χ0) is 21.2. The SMILES string of the molecule is CC1=C(O)C(C/C(C)=C\CCC(C)/C=C\C=C(/C)CCCc2ccoc2)OC1=O. The van der Waals surface area contributed by atoms with Gasteiger partial charge in [-0.2, -0.15) is 0 Å². The van der Waals surface area contributed by atoms with Gasteiger partial charge in [-0.15, -0.1) is 0 Å². The van der Waals surface area contributed by atoms with Gasteiger partial charge in [-0.1, -0.05) is 42.4 Å². The zero-order valence-electron chi connectivity index (χ0n) is 18.1. The van der Waals surface area contributed by atoms with Gasteiger partial charge in [0.2, 0.25) is 0 Å². The van der Waals surface area contributed by atoms with Gasteiger partial charge in [-0.3, -0.25) is 0 Å². The maximum absolute atomic E-state index is 11.5. The number of hydrogen-bond donors (Lipinski definition) is 1. The normalized spacial score (nSPS) is 19.3. The molecule has 2 rings (SSSR count). The summed E-state index contributed by atoms with van der Waals surface area (Å²) in [6.45, 7) is 8.02. The number of furan rings is 1. The number of cyclic esters (lactones) is 1. The summed E-state index contributed by atoms with van der Waals surface area (Å²) < 4.78 is 10.3. The van der Waals surface area contributed by atoms with E-state index in [0.29, 0.717) is 17.9 Å². The summed E-state index contributed by atoms with van der Waals surface area (Å²) in [5, 5.41) is 9.92. The first-order valence-electron chi connectivity index (χ1n) is 10.5. The van der Waals surface area contributed by atoms with Crippen LogP contribution in [0.1, 0.15) is 65.4 Å². The van der Waals surface area contributed by atoms with Crippen LogP contribution in [0.3, 0.4) is 0 Å². The number of allylic oxidation sites excluding steroid dienone is 5. The summed E-state index contributed by atoms with van der Waals surface area (Å²) in [4.78, 5) is 11.5. The lowest BCUT2D eigenvalue weighted by atomic mass is 10.0. The third kappa shape index (κ3) is 7.80. The van der Waals surface area contributed by atoms with Crippen molar-refractivity contribution in [2.24, 2.45) is 5.92 Å². The van der Waals surface area contributed by atoms with E-state index >= 15 is 0 Å². The van der Waals surface area contributed by atoms with Crippen LogP contribution in [0.15, 0.2) is 69.8 Å². The number of ether oxygens (including phenoxy) is 1. The molecule has 0 spiro atoms. The maximum atomic E-state index is 11.5. The van der Waals surface area contributed by atoms with Crippen LogP contribution in [0.25, 0.3) is 0 Å². The average molecular weight is 399 g/mol. The summed E-state index contributed by atoms with van der Waals surface area (Å²) in [7, 11) is 0. The van der Waals surface area contributed by atoms with Crippen molar-refractivity contribution in [3.8, 4) is 0 Å². The molecule has 2 heterocycles. The second-order valence-corrected chi connectivity index (χ2v) is 8.10. The Morgan fingerprint density at radius 2 is 2.10 bits per heavy atom. The van der Waals surface area contributed by atoms with Crippen molar-refractivity contribution in [1.29, 1.82) is 0 Å². The molecule has 158 valence electrons. The van der Waals surface area contributed by atoms with Crippen LogP contribution in [-0.4, -0.2) is 17.2 Å². The number of aliphatic hydroxyl groups excluding tert-OH is 1. The molecule has 1 aliphatic heterocycles. The van der Waals surface area contributed by atoms with Gasteiger partial charge in [-0.05, 0) is 70.4 Å². The fourth-order valence-electron chi connectivity index (χ4n) is 3.32. The van der Waals surface area contributed by atoms with Crippen molar-refractivity contribution in [3.63, 3.8) is 0 Å². The Morgan fingerprint density at radius 3 is 2.76 bits per heavy atom. The summed E-state index contributed by atoms with van der Waals surface area (Å²) >= 11 is 0. The van der Waals surface area contributed by atoms with Gasteiger partial charge >= 0.3 is 5.97 Å². The Bertz CT molecular complexity index is 778. The zero-order valence-corrected chi connectivity index (χ0v) is 18.1. The van der Waals surface area contributed by atoms with Crippen molar-refractivity contribution in [2.75, 3.05) is 0 Å². The highest BCUT2D eigenvalue weighted by molar-refractivity contribution is 5.91. The van der Waals surface area contributed by atoms with Gasteiger partial charge in [0.25, 0.3) is 0 Å². The third-order valence-corrected chi connectivity index (χ3v) is 5.30. The van der Waals surface area contributed by atoms with Gasteiger partial charge in [-0.25, -0.2) is 4.79 Å². The number of hydrogen-bond acceptors (Lipinski definition) is 4. The van der Waals surface area contributed by atoms with Crippen LogP contribution >= 0.6 is 0 Å². The monoisotopic (exact) mass is 398 g/mol. The van der Waals surface area contributed by atoms with Crippen molar-refractivity contribution >= 4 is 5.97 Å². The Hall–Kier alpha value is -2.49. The fourth-order valence-corrected chi connectivity index (χ4v) is 3.32. The topological polar surface area (TPSA) is 59.7 Å². The highest BCUT2D eigenvalue weighted by Gasteiger charge is 2.31. The van der Waals surface area contributed by atoms with Crippen LogP contribution in [0.5, 0.6) is 0 Å². The molecule has 4 heteroatoms. The van der Waals surface area contributed by atoms with Crippen LogP contribution in [0.2, 0.25) is 0 Å². The Labute approximate surface area is 174 Å². The van der Waals surface area contributed by atoms with Crippen LogP contribution in [0.4, 0.5) is 0 Å². The lowest BCUT2D eigenvalue weighted by Crippen LogP contribution is -2.12. The summed E-state index contributed by atoms with van der Waals surface area (Å²) in [6, 6.07) is 2.03. The fraction of sp³-hybridized carbons (Fsp3) is 0.480. The molecular weight excluding hydrogens is 364 g/mol. The summed E-state index contributed by atoms with van der Waals surface area (Å²) in [5.41, 5.74) is 4.11. The Balaban J connectivity index is 1.65. The van der Waals surface area contributed by atoms with E-state index in [2.05, 4.69) is 38.2 Å². The van der Waals surface area contributed by atoms with E-state index in [-0.39, 0.29) is 5.76 Å². The molecule has 1 aliphatic rings. The first-order chi connectivity index (χ1) is 13.9. The second kappa shape index (κ2) is 11.5. The number of aliphatic hydroxyl groups is 1. The average Bonchev–Trinajstić information content (AvgIpc) is 3.27. The Morgan fingerprint density at radius 1 is 1.31 bits per heavy atom. The molecule has 0 radical (unpaired) electrons. The third-order valence-electron chi connectivity index (χ3n) is 5.30. The highest BCUT2D eigenvalue weighted by Crippen LogP contribution is 2.25. The molecule has 0 fully saturated rings. The molecule has 2 unspecified atom stereocenters. The van der Waals surface area contributed by atoms with Gasteiger partial charge in [0.05, 0.1) is 18.1 Å². The minimum Gasteiger partial charge on any atom is -0.508 e. The molecule has 1 aromatic rings. The lowest BCUT2D eigenvalue weighted by molar-refractivity contribution is -0.140. The van der Waals surface area contributed by atoms with E-state index < -0.39 is 12.1 Å².